The molecule has 1 N–H and O–H groups in total. The molecule has 9 heteroatoms. The highest BCUT2D eigenvalue weighted by Crippen LogP contribution is 2.31. The van der Waals surface area contributed by atoms with Crippen LogP contribution >= 0.6 is 11.3 Å². The minimum Gasteiger partial charge on any atom is -0.494 e. The Morgan fingerprint density at radius 2 is 1.65 bits per heavy atom. The van der Waals surface area contributed by atoms with Crippen molar-refractivity contribution in [2.24, 2.45) is 0 Å². The molecule has 0 aliphatic carbocycles. The number of fused-ring (bicyclic) bond motifs is 2. The largest absolute Gasteiger partial charge is 0.494 e. The number of thiophene rings is 1. The number of carbonyl (C=O) groups excluding carboxylic acids is 1. The highest BCUT2D eigenvalue weighted by Gasteiger charge is 2.18. The highest BCUT2D eigenvalue weighted by atomic mass is 32.1. The summed E-state index contributed by atoms with van der Waals surface area (Å²) in [6.45, 7) is 8.59. The molecule has 0 unspecified atom stereocenters. The van der Waals surface area contributed by atoms with Crippen molar-refractivity contribution in [1.82, 2.24) is 14.8 Å². The van der Waals surface area contributed by atoms with E-state index in [1.165, 1.54) is 64.9 Å². The van der Waals surface area contributed by atoms with Gasteiger partial charge in [-0.15, -0.1) is 11.3 Å². The number of amides is 1. The van der Waals surface area contributed by atoms with E-state index in [0.29, 0.717) is 24.4 Å². The van der Waals surface area contributed by atoms with Crippen molar-refractivity contribution >= 4 is 44.1 Å². The van der Waals surface area contributed by atoms with E-state index >= 15 is 0 Å². The summed E-state index contributed by atoms with van der Waals surface area (Å²) in [7, 11) is 0. The fourth-order valence-corrected chi connectivity index (χ4v) is 7.02. The van der Waals surface area contributed by atoms with Crippen LogP contribution in [0.25, 0.3) is 21.0 Å². The molecule has 0 atom stereocenters. The van der Waals surface area contributed by atoms with Crippen LogP contribution < -0.4 is 20.5 Å². The van der Waals surface area contributed by atoms with E-state index in [2.05, 4.69) is 51.7 Å². The summed E-state index contributed by atoms with van der Waals surface area (Å²) >= 11 is 1.81. The molecule has 5 rings (SSSR count). The van der Waals surface area contributed by atoms with Gasteiger partial charge in [0.2, 0.25) is 0 Å². The third kappa shape index (κ3) is 9.72. The van der Waals surface area contributed by atoms with E-state index in [9.17, 15) is 9.59 Å². The van der Waals surface area contributed by atoms with Gasteiger partial charge in [0.15, 0.2) is 6.73 Å². The van der Waals surface area contributed by atoms with Crippen molar-refractivity contribution in [3.63, 3.8) is 0 Å². The van der Waals surface area contributed by atoms with Crippen LogP contribution in [0, 0.1) is 0 Å². The number of anilines is 1. The van der Waals surface area contributed by atoms with Crippen LogP contribution in [0.3, 0.4) is 0 Å². The fraction of sp³-hybridized carbons (Fsp3) is 0.514. The Balaban J connectivity index is 1.00. The van der Waals surface area contributed by atoms with Crippen LogP contribution in [0.5, 0.6) is 5.75 Å². The van der Waals surface area contributed by atoms with Gasteiger partial charge in [0.05, 0.1) is 12.1 Å². The number of aromatic nitrogens is 1. The lowest BCUT2D eigenvalue weighted by Crippen LogP contribution is -2.46. The second-order valence-corrected chi connectivity index (χ2v) is 13.2. The first-order chi connectivity index (χ1) is 22.6. The maximum Gasteiger partial charge on any atom is 0.408 e. The first-order valence-corrected chi connectivity index (χ1v) is 18.1. The first-order valence-electron chi connectivity index (χ1n) is 17.2. The van der Waals surface area contributed by atoms with Gasteiger partial charge >= 0.3 is 6.09 Å². The topological polar surface area (TPSA) is 76.0 Å². The molecule has 3 heterocycles. The van der Waals surface area contributed by atoms with Gasteiger partial charge < -0.3 is 19.7 Å². The van der Waals surface area contributed by atoms with E-state index in [4.69, 9.17) is 9.47 Å². The Hall–Kier alpha value is -3.56. The van der Waals surface area contributed by atoms with E-state index in [0.717, 1.165) is 63.8 Å². The number of carbonyl (C=O) groups is 1. The van der Waals surface area contributed by atoms with Gasteiger partial charge in [-0.2, -0.15) is 0 Å². The molecule has 1 aliphatic heterocycles. The van der Waals surface area contributed by atoms with Crippen molar-refractivity contribution in [2.45, 2.75) is 77.9 Å². The Kier molecular flexibility index (Phi) is 13.2. The monoisotopic (exact) mass is 646 g/mol. The predicted octanol–water partition coefficient (Wildman–Crippen LogP) is 8.02. The van der Waals surface area contributed by atoms with E-state index in [1.807, 2.05) is 18.2 Å². The van der Waals surface area contributed by atoms with Crippen LogP contribution in [-0.2, 0) is 11.5 Å². The Labute approximate surface area is 277 Å². The zero-order valence-corrected chi connectivity index (χ0v) is 28.2. The smallest absolute Gasteiger partial charge is 0.408 e. The molecule has 1 amide bonds. The zero-order chi connectivity index (χ0) is 32.0. The van der Waals surface area contributed by atoms with Crippen molar-refractivity contribution in [2.75, 3.05) is 50.8 Å². The average Bonchev–Trinajstić information content (AvgIpc) is 3.57. The van der Waals surface area contributed by atoms with E-state index in [1.54, 1.807) is 17.4 Å². The number of alkyl carbamates (subject to hydrolysis) is 1. The molecule has 8 nitrogen and oxygen atoms in total. The quantitative estimate of drug-likeness (QED) is 0.110. The normalized spacial score (nSPS) is 13.8. The molecular formula is C37H50N4O4S. The fourth-order valence-electron chi connectivity index (χ4n) is 6.21. The molecule has 0 saturated carbocycles. The predicted molar refractivity (Wildman–Crippen MR) is 191 cm³/mol. The highest BCUT2D eigenvalue weighted by molar-refractivity contribution is 7.17. The molecule has 1 fully saturated rings. The molecule has 0 spiro atoms. The summed E-state index contributed by atoms with van der Waals surface area (Å²) in [6.07, 6.45) is 11.2. The summed E-state index contributed by atoms with van der Waals surface area (Å²) in [5.74, 6) is 0.710. The maximum atomic E-state index is 12.7. The van der Waals surface area contributed by atoms with Crippen molar-refractivity contribution in [3.8, 4) is 5.75 Å². The van der Waals surface area contributed by atoms with Gasteiger partial charge in [-0.3, -0.25) is 14.3 Å². The number of hydrogen-bond acceptors (Lipinski definition) is 7. The summed E-state index contributed by atoms with van der Waals surface area (Å²) in [5, 5.41) is 7.25. The third-order valence-corrected chi connectivity index (χ3v) is 9.79. The van der Waals surface area contributed by atoms with Gasteiger partial charge in [0, 0.05) is 60.6 Å². The van der Waals surface area contributed by atoms with Gasteiger partial charge in [-0.1, -0.05) is 57.9 Å². The van der Waals surface area contributed by atoms with Crippen LogP contribution in [-0.4, -0.2) is 61.4 Å². The molecule has 2 aromatic carbocycles. The molecule has 1 saturated heterocycles. The summed E-state index contributed by atoms with van der Waals surface area (Å²) in [6, 6.07) is 17.9. The number of benzene rings is 2. The lowest BCUT2D eigenvalue weighted by molar-refractivity contribution is 0.114. The molecule has 1 aliphatic rings. The average molecular weight is 647 g/mol. The molecular weight excluding hydrogens is 596 g/mol. The first kappa shape index (κ1) is 33.8. The number of nitrogens with one attached hydrogen (secondary N) is 1. The lowest BCUT2D eigenvalue weighted by Gasteiger charge is -2.36. The summed E-state index contributed by atoms with van der Waals surface area (Å²) in [4.78, 5) is 30.0. The van der Waals surface area contributed by atoms with Crippen molar-refractivity contribution in [3.05, 3.63) is 70.3 Å². The SMILES string of the molecule is CCCCCCCCCCNC(=O)OCn1c(=O)ccc2ccc(OCCCCN3CCN(c4cccc5sccc45)CC3)cc21. The third-order valence-electron chi connectivity index (χ3n) is 8.91. The Bertz CT molecular complexity index is 1580. The summed E-state index contributed by atoms with van der Waals surface area (Å²) in [5.41, 5.74) is 1.83. The number of pyridine rings is 1. The van der Waals surface area contributed by atoms with E-state index < -0.39 is 6.09 Å². The van der Waals surface area contributed by atoms with E-state index in [-0.39, 0.29) is 12.3 Å². The standard InChI is InChI=1S/C37H50N4O4S/c1-2-3-4-5-6-7-8-9-20-38-37(43)45-29-41-34-28-31(17-15-30(34)16-18-36(41)42)44-26-11-10-21-39-22-24-40(25-23-39)33-13-12-14-35-32(33)19-27-46-35/h12-19,27-28H,2-11,20-26,29H2,1H3,(H,38,43). The second-order valence-electron chi connectivity index (χ2n) is 12.3. The lowest BCUT2D eigenvalue weighted by atomic mass is 10.1. The minimum atomic E-state index is -0.500. The molecule has 2 aromatic heterocycles. The van der Waals surface area contributed by atoms with Crippen LogP contribution in [0.1, 0.15) is 71.1 Å². The van der Waals surface area contributed by atoms with Gasteiger partial charge in [-0.25, -0.2) is 4.79 Å². The molecule has 4 aromatic rings. The Morgan fingerprint density at radius 1 is 0.870 bits per heavy atom. The Morgan fingerprint density at radius 3 is 2.48 bits per heavy atom. The minimum absolute atomic E-state index is 0.140. The zero-order valence-electron chi connectivity index (χ0n) is 27.4. The van der Waals surface area contributed by atoms with Crippen molar-refractivity contribution in [1.29, 1.82) is 0 Å². The number of unbranched alkanes of at least 4 members (excludes halogenated alkanes) is 8. The van der Waals surface area contributed by atoms with Gasteiger partial charge in [0.25, 0.3) is 5.56 Å². The van der Waals surface area contributed by atoms with Gasteiger partial charge in [0.1, 0.15) is 5.75 Å². The summed E-state index contributed by atoms with van der Waals surface area (Å²) < 4.78 is 14.3. The van der Waals surface area contributed by atoms with Crippen LogP contribution in [0.15, 0.2) is 64.8 Å². The number of ether oxygens (including phenoxy) is 2. The number of rotatable bonds is 18. The number of nitrogens with zero attached hydrogens (tertiary/aromatic N) is 3. The van der Waals surface area contributed by atoms with Crippen molar-refractivity contribution < 1.29 is 14.3 Å². The molecule has 0 radical (unpaired) electrons. The second kappa shape index (κ2) is 18.0. The number of piperazine rings is 1. The van der Waals surface area contributed by atoms with Crippen LogP contribution in [0.2, 0.25) is 0 Å². The maximum absolute atomic E-state index is 12.7. The molecule has 248 valence electrons. The van der Waals surface area contributed by atoms with Crippen LogP contribution in [0.4, 0.5) is 10.5 Å². The molecule has 46 heavy (non-hydrogen) atoms. The number of hydrogen-bond donors (Lipinski definition) is 1. The van der Waals surface area contributed by atoms with Gasteiger partial charge in [-0.05, 0) is 73.0 Å². The molecule has 0 bridgehead atoms.